The van der Waals surface area contributed by atoms with Gasteiger partial charge in [-0.2, -0.15) is 0 Å². The third-order valence-electron chi connectivity index (χ3n) is 8.79. The van der Waals surface area contributed by atoms with Crippen LogP contribution in [0.25, 0.3) is 0 Å². The summed E-state index contributed by atoms with van der Waals surface area (Å²) in [7, 11) is 0. The quantitative estimate of drug-likeness (QED) is 0.0402. The second-order valence-corrected chi connectivity index (χ2v) is 13.9. The zero-order chi connectivity index (χ0) is 28.2. The van der Waals surface area contributed by atoms with Crippen molar-refractivity contribution in [3.8, 4) is 0 Å². The smallest absolute Gasteiger partial charge is 0.0431 e. The largest absolute Gasteiger partial charge is 0.396 e. The molecule has 0 bridgehead atoms. The minimum atomic E-state index is 0.375. The van der Waals surface area contributed by atoms with Crippen molar-refractivity contribution < 1.29 is 5.11 Å². The number of unbranched alkanes of at least 4 members (excludes halogenated alkanes) is 34. The zero-order valence-electron chi connectivity index (χ0n) is 27.0. The highest BCUT2D eigenvalue weighted by Gasteiger charge is 1.97. The van der Waals surface area contributed by atoms with Crippen molar-refractivity contribution in [3.63, 3.8) is 0 Å². The summed E-state index contributed by atoms with van der Waals surface area (Å²) in [6.07, 6.45) is 50.6. The highest BCUT2D eigenvalue weighted by Crippen LogP contribution is 2.17. The summed E-state index contributed by atoms with van der Waals surface area (Å²) in [6, 6.07) is 0. The van der Waals surface area contributed by atoms with Gasteiger partial charge >= 0.3 is 0 Å². The highest BCUT2D eigenvalue weighted by molar-refractivity contribution is 14.1. The third-order valence-corrected chi connectivity index (χ3v) is 9.55. The topological polar surface area (TPSA) is 20.2 Å². The molecule has 0 saturated heterocycles. The van der Waals surface area contributed by atoms with E-state index in [-0.39, 0.29) is 0 Å². The van der Waals surface area contributed by atoms with Gasteiger partial charge in [0.15, 0.2) is 0 Å². The molecule has 0 spiro atoms. The molecule has 0 fully saturated rings. The average molecular weight is 663 g/mol. The van der Waals surface area contributed by atoms with Gasteiger partial charge in [0, 0.05) is 6.61 Å². The van der Waals surface area contributed by atoms with Gasteiger partial charge < -0.3 is 5.11 Å². The lowest BCUT2D eigenvalue weighted by molar-refractivity contribution is 0.282. The van der Waals surface area contributed by atoms with Gasteiger partial charge in [-0.25, -0.2) is 0 Å². The van der Waals surface area contributed by atoms with Gasteiger partial charge in [-0.3, -0.25) is 0 Å². The van der Waals surface area contributed by atoms with E-state index in [1.807, 2.05) is 0 Å². The van der Waals surface area contributed by atoms with E-state index in [9.17, 15) is 0 Å². The Morgan fingerprint density at radius 1 is 0.205 bits per heavy atom. The molecule has 0 aromatic rings. The Kier molecular flexibility index (Phi) is 39.4. The molecule has 1 N–H and O–H groups in total. The number of aliphatic hydroxyl groups is 1. The number of hydrogen-bond acceptors (Lipinski definition) is 1. The summed E-state index contributed by atoms with van der Waals surface area (Å²) < 4.78 is 1.34. The molecule has 0 aromatic heterocycles. The second kappa shape index (κ2) is 38.7. The molecule has 236 valence electrons. The Labute approximate surface area is 262 Å². The highest BCUT2D eigenvalue weighted by atomic mass is 127. The number of alkyl halides is 1. The summed E-state index contributed by atoms with van der Waals surface area (Å²) in [6.45, 7) is 0.375. The summed E-state index contributed by atoms with van der Waals surface area (Å²) in [5, 5.41) is 8.79. The van der Waals surface area contributed by atoms with Crippen LogP contribution >= 0.6 is 22.6 Å². The standard InChI is InChI=1S/C37H75IO/c38-36-34-32-30-28-26-24-22-20-18-16-14-12-10-8-6-4-2-1-3-5-7-9-11-13-15-17-19-21-23-25-27-29-31-33-35-37-39/h39H,1-37H2. The second-order valence-electron chi connectivity index (χ2n) is 12.8. The molecule has 0 aromatic carbocycles. The molecule has 0 aliphatic heterocycles. The average Bonchev–Trinajstić information content (AvgIpc) is 2.95. The lowest BCUT2D eigenvalue weighted by Gasteiger charge is -2.05. The molecule has 39 heavy (non-hydrogen) atoms. The van der Waals surface area contributed by atoms with Gasteiger partial charge in [0.2, 0.25) is 0 Å². The molecule has 1 nitrogen and oxygen atoms in total. The van der Waals surface area contributed by atoms with Crippen LogP contribution in [-0.4, -0.2) is 16.1 Å². The number of rotatable bonds is 36. The van der Waals surface area contributed by atoms with E-state index < -0.39 is 0 Å². The molecule has 0 atom stereocenters. The van der Waals surface area contributed by atoms with Gasteiger partial charge in [-0.05, 0) is 17.3 Å². The van der Waals surface area contributed by atoms with E-state index in [0.717, 1.165) is 6.42 Å². The van der Waals surface area contributed by atoms with E-state index in [1.165, 1.54) is 223 Å². The molecule has 2 heteroatoms. The Morgan fingerprint density at radius 2 is 0.333 bits per heavy atom. The van der Waals surface area contributed by atoms with Crippen LogP contribution in [0, 0.1) is 0 Å². The van der Waals surface area contributed by atoms with E-state index >= 15 is 0 Å². The van der Waals surface area contributed by atoms with Crippen LogP contribution in [0.3, 0.4) is 0 Å². The summed E-state index contributed by atoms with van der Waals surface area (Å²) in [5.74, 6) is 0. The van der Waals surface area contributed by atoms with Crippen molar-refractivity contribution in [2.24, 2.45) is 0 Å². The van der Waals surface area contributed by atoms with Crippen LogP contribution in [0.5, 0.6) is 0 Å². The molecule has 0 saturated carbocycles. The lowest BCUT2D eigenvalue weighted by Crippen LogP contribution is -1.85. The first-order valence-electron chi connectivity index (χ1n) is 18.6. The van der Waals surface area contributed by atoms with Gasteiger partial charge in [-0.1, -0.05) is 234 Å². The van der Waals surface area contributed by atoms with Crippen molar-refractivity contribution in [2.45, 2.75) is 225 Å². The van der Waals surface area contributed by atoms with Crippen LogP contribution in [0.1, 0.15) is 225 Å². The fourth-order valence-corrected chi connectivity index (χ4v) is 6.58. The lowest BCUT2D eigenvalue weighted by atomic mass is 10.0. The monoisotopic (exact) mass is 662 g/mol. The molecular weight excluding hydrogens is 587 g/mol. The van der Waals surface area contributed by atoms with Gasteiger partial charge in [0.05, 0.1) is 0 Å². The van der Waals surface area contributed by atoms with Crippen LogP contribution in [0.4, 0.5) is 0 Å². The maximum absolute atomic E-state index is 8.79. The molecule has 0 unspecified atom stereocenters. The Balaban J connectivity index is 3.01. The van der Waals surface area contributed by atoms with Crippen molar-refractivity contribution in [1.29, 1.82) is 0 Å². The van der Waals surface area contributed by atoms with E-state index in [4.69, 9.17) is 5.11 Å². The maximum atomic E-state index is 8.79. The molecule has 0 radical (unpaired) electrons. The Morgan fingerprint density at radius 3 is 0.462 bits per heavy atom. The molecule has 0 amide bonds. The van der Waals surface area contributed by atoms with Crippen molar-refractivity contribution in [3.05, 3.63) is 0 Å². The molecule has 0 rings (SSSR count). The minimum absolute atomic E-state index is 0.375. The summed E-state index contributed by atoms with van der Waals surface area (Å²) in [5.41, 5.74) is 0. The molecule has 0 aliphatic carbocycles. The van der Waals surface area contributed by atoms with Gasteiger partial charge in [0.1, 0.15) is 0 Å². The number of halogens is 1. The summed E-state index contributed by atoms with van der Waals surface area (Å²) >= 11 is 2.50. The van der Waals surface area contributed by atoms with Gasteiger partial charge in [-0.15, -0.1) is 0 Å². The maximum Gasteiger partial charge on any atom is 0.0431 e. The van der Waals surface area contributed by atoms with Crippen LogP contribution in [-0.2, 0) is 0 Å². The molecule has 0 aliphatic rings. The van der Waals surface area contributed by atoms with E-state index in [2.05, 4.69) is 22.6 Å². The van der Waals surface area contributed by atoms with Crippen LogP contribution in [0.2, 0.25) is 0 Å². The minimum Gasteiger partial charge on any atom is -0.396 e. The zero-order valence-corrected chi connectivity index (χ0v) is 29.1. The predicted octanol–water partition coefficient (Wildman–Crippen LogP) is 14.1. The van der Waals surface area contributed by atoms with Crippen molar-refractivity contribution in [1.82, 2.24) is 0 Å². The fourth-order valence-electron chi connectivity index (χ4n) is 6.04. The van der Waals surface area contributed by atoms with Crippen molar-refractivity contribution >= 4 is 22.6 Å². The Bertz CT molecular complexity index is 363. The molecule has 0 heterocycles. The van der Waals surface area contributed by atoms with E-state index in [1.54, 1.807) is 0 Å². The van der Waals surface area contributed by atoms with Crippen molar-refractivity contribution in [2.75, 3.05) is 11.0 Å². The first-order chi connectivity index (χ1) is 19.4. The normalized spacial score (nSPS) is 11.5. The summed E-state index contributed by atoms with van der Waals surface area (Å²) in [4.78, 5) is 0. The van der Waals surface area contributed by atoms with E-state index in [0.29, 0.717) is 6.61 Å². The number of hydrogen-bond donors (Lipinski definition) is 1. The first kappa shape index (κ1) is 39.7. The van der Waals surface area contributed by atoms with Crippen LogP contribution in [0.15, 0.2) is 0 Å². The van der Waals surface area contributed by atoms with Gasteiger partial charge in [0.25, 0.3) is 0 Å². The Hall–Kier alpha value is 0.690. The number of aliphatic hydroxyl groups excluding tert-OH is 1. The molecular formula is C37H75IO. The predicted molar refractivity (Wildman–Crippen MR) is 188 cm³/mol. The van der Waals surface area contributed by atoms with Crippen LogP contribution < -0.4 is 0 Å². The first-order valence-corrected chi connectivity index (χ1v) is 20.1. The fraction of sp³-hybridized carbons (Fsp3) is 1.00. The SMILES string of the molecule is OCCCCCCCCCCCCCCCCCCCCCCCCCCCCCCCCCCCCCI. The third kappa shape index (κ3) is 38.7.